The highest BCUT2D eigenvalue weighted by atomic mass is 35.5. The van der Waals surface area contributed by atoms with Crippen molar-refractivity contribution >= 4 is 17.5 Å². The second-order valence-electron chi connectivity index (χ2n) is 5.87. The number of anilines is 1. The summed E-state index contributed by atoms with van der Waals surface area (Å²) in [6, 6.07) is 4.52. The van der Waals surface area contributed by atoms with Gasteiger partial charge in [0.05, 0.1) is 11.1 Å². The van der Waals surface area contributed by atoms with Gasteiger partial charge in [-0.1, -0.05) is 31.5 Å². The van der Waals surface area contributed by atoms with Crippen molar-refractivity contribution in [1.82, 2.24) is 20.2 Å². The summed E-state index contributed by atoms with van der Waals surface area (Å²) in [5, 5.41) is 10.2. The Morgan fingerprint density at radius 3 is 2.36 bits per heavy atom. The molecule has 1 aliphatic carbocycles. The van der Waals surface area contributed by atoms with E-state index in [1.807, 2.05) is 13.8 Å². The van der Waals surface area contributed by atoms with Gasteiger partial charge in [0.1, 0.15) is 5.82 Å². The van der Waals surface area contributed by atoms with Crippen LogP contribution in [0, 0.1) is 5.82 Å². The molecule has 3 aromatic rings. The van der Waals surface area contributed by atoms with Gasteiger partial charge < -0.3 is 9.73 Å². The lowest BCUT2D eigenvalue weighted by atomic mass is 10.0. The standard InChI is InChI=1S/C16H11ClF3N5O.C2H6/c17-9-1-2-10(11(18)5-9)16(3-4-16)23-15-21-6-8(7-22-15)13-24-25-14(26-13)12(19)20;1-2/h1-2,5-7,12H,3-4H2,(H,21,22,23);1-2H3. The fourth-order valence-electron chi connectivity index (χ4n) is 2.62. The Morgan fingerprint density at radius 2 is 1.82 bits per heavy atom. The first-order valence-electron chi connectivity index (χ1n) is 8.64. The highest BCUT2D eigenvalue weighted by molar-refractivity contribution is 6.30. The fraction of sp³-hybridized carbons (Fsp3) is 0.333. The highest BCUT2D eigenvalue weighted by Crippen LogP contribution is 2.49. The van der Waals surface area contributed by atoms with Crippen molar-refractivity contribution in [3.05, 3.63) is 52.9 Å². The molecule has 2 heterocycles. The molecule has 2 aromatic heterocycles. The van der Waals surface area contributed by atoms with E-state index in [2.05, 4.69) is 25.5 Å². The molecule has 148 valence electrons. The first kappa shape index (κ1) is 20.1. The highest BCUT2D eigenvalue weighted by Gasteiger charge is 2.46. The second kappa shape index (κ2) is 8.14. The average Bonchev–Trinajstić information content (AvgIpc) is 3.27. The minimum atomic E-state index is -2.85. The summed E-state index contributed by atoms with van der Waals surface area (Å²) in [5.74, 6) is -0.993. The lowest BCUT2D eigenvalue weighted by molar-refractivity contribution is 0.116. The van der Waals surface area contributed by atoms with E-state index < -0.39 is 23.7 Å². The molecule has 0 saturated heterocycles. The Kier molecular flexibility index (Phi) is 5.83. The number of nitrogens with zero attached hydrogens (tertiary/aromatic N) is 4. The Balaban J connectivity index is 0.00000109. The third-order valence-electron chi connectivity index (χ3n) is 4.07. The van der Waals surface area contributed by atoms with Crippen LogP contribution in [-0.4, -0.2) is 20.2 Å². The molecule has 1 aromatic carbocycles. The van der Waals surface area contributed by atoms with Crippen LogP contribution in [0.1, 0.15) is 44.6 Å². The van der Waals surface area contributed by atoms with Gasteiger partial charge in [0, 0.05) is 23.0 Å². The molecular formula is C18H17ClF3N5O. The summed E-state index contributed by atoms with van der Waals surface area (Å²) in [5.41, 5.74) is 0.217. The lowest BCUT2D eigenvalue weighted by Gasteiger charge is -2.18. The smallest absolute Gasteiger partial charge is 0.314 e. The van der Waals surface area contributed by atoms with Crippen molar-refractivity contribution in [1.29, 1.82) is 0 Å². The second-order valence-corrected chi connectivity index (χ2v) is 6.31. The third kappa shape index (κ3) is 4.09. The molecule has 28 heavy (non-hydrogen) atoms. The molecule has 1 saturated carbocycles. The summed E-state index contributed by atoms with van der Waals surface area (Å²) < 4.78 is 44.0. The van der Waals surface area contributed by atoms with Gasteiger partial charge in [0.15, 0.2) is 0 Å². The van der Waals surface area contributed by atoms with E-state index in [4.69, 9.17) is 16.0 Å². The SMILES string of the molecule is CC.Fc1cc(Cl)ccc1C1(Nc2ncc(-c3nnc(C(F)F)o3)cn2)CC1. The molecule has 0 amide bonds. The molecule has 0 radical (unpaired) electrons. The van der Waals surface area contributed by atoms with Crippen LogP contribution in [0.3, 0.4) is 0 Å². The van der Waals surface area contributed by atoms with Crippen LogP contribution in [0.2, 0.25) is 5.02 Å². The summed E-state index contributed by atoms with van der Waals surface area (Å²) in [6.07, 6.45) is 1.33. The molecule has 0 atom stereocenters. The quantitative estimate of drug-likeness (QED) is 0.607. The maximum atomic E-state index is 14.2. The Morgan fingerprint density at radius 1 is 1.14 bits per heavy atom. The van der Waals surface area contributed by atoms with Gasteiger partial charge in [-0.3, -0.25) is 0 Å². The number of nitrogens with one attached hydrogen (secondary N) is 1. The molecule has 0 bridgehead atoms. The summed E-state index contributed by atoms with van der Waals surface area (Å²) in [7, 11) is 0. The maximum Gasteiger partial charge on any atom is 0.314 e. The summed E-state index contributed by atoms with van der Waals surface area (Å²) in [4.78, 5) is 8.24. The number of aromatic nitrogens is 4. The predicted octanol–water partition coefficient (Wildman–Crippen LogP) is 5.38. The van der Waals surface area contributed by atoms with Gasteiger partial charge in [0.2, 0.25) is 5.95 Å². The summed E-state index contributed by atoms with van der Waals surface area (Å²) >= 11 is 5.79. The number of hydrogen-bond acceptors (Lipinski definition) is 6. The Hall–Kier alpha value is -2.68. The van der Waals surface area contributed by atoms with Crippen molar-refractivity contribution in [2.24, 2.45) is 0 Å². The van der Waals surface area contributed by atoms with E-state index in [-0.39, 0.29) is 11.8 Å². The molecular weight excluding hydrogens is 395 g/mol. The normalized spacial score (nSPS) is 14.4. The van der Waals surface area contributed by atoms with Crippen molar-refractivity contribution in [3.63, 3.8) is 0 Å². The van der Waals surface area contributed by atoms with Gasteiger partial charge in [-0.05, 0) is 25.0 Å². The van der Waals surface area contributed by atoms with E-state index >= 15 is 0 Å². The fourth-order valence-corrected chi connectivity index (χ4v) is 2.78. The van der Waals surface area contributed by atoms with E-state index in [0.29, 0.717) is 16.1 Å². The number of hydrogen-bond donors (Lipinski definition) is 1. The van der Waals surface area contributed by atoms with Crippen molar-refractivity contribution in [2.75, 3.05) is 5.32 Å². The molecule has 6 nitrogen and oxygen atoms in total. The van der Waals surface area contributed by atoms with Gasteiger partial charge in [-0.15, -0.1) is 10.2 Å². The minimum Gasteiger partial charge on any atom is -0.415 e. The zero-order valence-electron chi connectivity index (χ0n) is 15.1. The van der Waals surface area contributed by atoms with E-state index in [9.17, 15) is 13.2 Å². The molecule has 1 N–H and O–H groups in total. The van der Waals surface area contributed by atoms with Crippen LogP contribution in [0.25, 0.3) is 11.5 Å². The first-order valence-corrected chi connectivity index (χ1v) is 9.02. The Labute approximate surface area is 164 Å². The van der Waals surface area contributed by atoms with Crippen LogP contribution < -0.4 is 5.32 Å². The molecule has 0 spiro atoms. The van der Waals surface area contributed by atoms with Crippen molar-refractivity contribution in [2.45, 2.75) is 38.7 Å². The molecule has 10 heteroatoms. The Bertz CT molecular complexity index is 945. The van der Waals surface area contributed by atoms with Crippen molar-refractivity contribution < 1.29 is 17.6 Å². The number of halogens is 4. The van der Waals surface area contributed by atoms with E-state index in [1.165, 1.54) is 18.5 Å². The van der Waals surface area contributed by atoms with E-state index in [0.717, 1.165) is 12.8 Å². The number of benzene rings is 1. The molecule has 1 fully saturated rings. The van der Waals surface area contributed by atoms with Gasteiger partial charge in [-0.25, -0.2) is 14.4 Å². The van der Waals surface area contributed by atoms with E-state index in [1.54, 1.807) is 12.1 Å². The zero-order chi connectivity index (χ0) is 20.3. The average molecular weight is 412 g/mol. The molecule has 1 aliphatic rings. The third-order valence-corrected chi connectivity index (χ3v) is 4.31. The monoisotopic (exact) mass is 411 g/mol. The zero-order valence-corrected chi connectivity index (χ0v) is 15.8. The minimum absolute atomic E-state index is 0.100. The van der Waals surface area contributed by atoms with Gasteiger partial charge in [-0.2, -0.15) is 8.78 Å². The van der Waals surface area contributed by atoms with Gasteiger partial charge in [0.25, 0.3) is 11.8 Å². The molecule has 0 aliphatic heterocycles. The van der Waals surface area contributed by atoms with Gasteiger partial charge >= 0.3 is 6.43 Å². The van der Waals surface area contributed by atoms with Crippen LogP contribution in [0.15, 0.2) is 35.0 Å². The van der Waals surface area contributed by atoms with Crippen LogP contribution in [0.5, 0.6) is 0 Å². The van der Waals surface area contributed by atoms with Crippen LogP contribution in [-0.2, 0) is 5.54 Å². The largest absolute Gasteiger partial charge is 0.415 e. The maximum absolute atomic E-state index is 14.2. The topological polar surface area (TPSA) is 76.7 Å². The predicted molar refractivity (Wildman–Crippen MR) is 97.6 cm³/mol. The van der Waals surface area contributed by atoms with Crippen molar-refractivity contribution in [3.8, 4) is 11.5 Å². The molecule has 0 unspecified atom stereocenters. The molecule has 4 rings (SSSR count). The first-order chi connectivity index (χ1) is 13.5. The lowest BCUT2D eigenvalue weighted by Crippen LogP contribution is -2.21. The number of alkyl halides is 2. The number of rotatable bonds is 5. The van der Waals surface area contributed by atoms with Crippen LogP contribution in [0.4, 0.5) is 19.1 Å². The summed E-state index contributed by atoms with van der Waals surface area (Å²) in [6.45, 7) is 4.00. The van der Waals surface area contributed by atoms with Crippen LogP contribution >= 0.6 is 11.6 Å².